The number of carbonyl (C=O) groups is 2. The molecular formula is C20H16N6O5. The second-order valence-electron chi connectivity index (χ2n) is 6.77. The maximum Gasteiger partial charge on any atom is 0.320 e. The summed E-state index contributed by atoms with van der Waals surface area (Å²) < 4.78 is 16.6. The fraction of sp³-hybridized carbons (Fsp3) is 0.150. The first-order valence-electron chi connectivity index (χ1n) is 9.32. The molecule has 0 bridgehead atoms. The Balaban J connectivity index is 1.31. The van der Waals surface area contributed by atoms with Gasteiger partial charge in [-0.25, -0.2) is 4.98 Å². The molecule has 0 saturated carbocycles. The number of hydrogen-bond acceptors (Lipinski definition) is 8. The van der Waals surface area contributed by atoms with Gasteiger partial charge < -0.3 is 24.1 Å². The van der Waals surface area contributed by atoms with E-state index in [0.29, 0.717) is 28.3 Å². The Hall–Kier alpha value is -4.41. The zero-order valence-electron chi connectivity index (χ0n) is 16.2. The first-order valence-corrected chi connectivity index (χ1v) is 9.32. The van der Waals surface area contributed by atoms with Crippen LogP contribution in [0.4, 0.5) is 5.69 Å². The SMILES string of the molecule is CN1C(=O)[C@@H](NC(=O)c2nnc(Oc3ccccc3)[nH]2)COc2cc3ncoc3cc21. The van der Waals surface area contributed by atoms with Gasteiger partial charge in [0.1, 0.15) is 29.7 Å². The molecule has 2 N–H and O–H groups in total. The third-order valence-corrected chi connectivity index (χ3v) is 4.75. The minimum absolute atomic E-state index is 0.0550. The van der Waals surface area contributed by atoms with E-state index in [1.165, 1.54) is 11.3 Å². The number of nitrogens with zero attached hydrogens (tertiary/aromatic N) is 4. The van der Waals surface area contributed by atoms with Gasteiger partial charge in [-0.1, -0.05) is 23.3 Å². The van der Waals surface area contributed by atoms with Gasteiger partial charge in [0.25, 0.3) is 11.8 Å². The molecule has 0 saturated heterocycles. The average Bonchev–Trinajstić information content (AvgIpc) is 3.42. The van der Waals surface area contributed by atoms with E-state index in [4.69, 9.17) is 13.9 Å². The van der Waals surface area contributed by atoms with E-state index in [1.807, 2.05) is 6.07 Å². The monoisotopic (exact) mass is 420 g/mol. The number of hydrogen-bond donors (Lipinski definition) is 2. The summed E-state index contributed by atoms with van der Waals surface area (Å²) in [6.45, 7) is -0.0627. The normalized spacial score (nSPS) is 15.8. The number of nitrogens with one attached hydrogen (secondary N) is 2. The maximum absolute atomic E-state index is 12.9. The standard InChI is InChI=1S/C20H16N6O5/c1-26-14-8-15-12(21-10-30-15)7-16(14)29-9-13(19(26)28)22-18(27)17-23-20(25-24-17)31-11-5-3-2-4-6-11/h2-8,10,13H,9H2,1H3,(H,22,27)(H,23,24,25)/t13-/m0/s1. The van der Waals surface area contributed by atoms with Gasteiger partial charge in [-0.3, -0.25) is 14.6 Å². The van der Waals surface area contributed by atoms with E-state index in [2.05, 4.69) is 25.5 Å². The lowest BCUT2D eigenvalue weighted by Gasteiger charge is -2.19. The number of rotatable bonds is 4. The third kappa shape index (κ3) is 3.52. The van der Waals surface area contributed by atoms with Gasteiger partial charge in [-0.05, 0) is 12.1 Å². The number of likely N-dealkylation sites (N-methyl/N-ethyl adjacent to an activating group) is 1. The first kappa shape index (κ1) is 18.6. The molecule has 156 valence electrons. The molecule has 1 atom stereocenters. The molecular weight excluding hydrogens is 404 g/mol. The number of carbonyl (C=O) groups excluding carboxylic acids is 2. The van der Waals surface area contributed by atoms with Crippen molar-refractivity contribution in [3.63, 3.8) is 0 Å². The summed E-state index contributed by atoms with van der Waals surface area (Å²) in [6, 6.07) is 11.4. The number of benzene rings is 2. The topological polar surface area (TPSA) is 135 Å². The molecule has 0 radical (unpaired) electrons. The third-order valence-electron chi connectivity index (χ3n) is 4.75. The summed E-state index contributed by atoms with van der Waals surface area (Å²) in [6.07, 6.45) is 1.32. The Morgan fingerprint density at radius 2 is 2.10 bits per heavy atom. The molecule has 0 spiro atoms. The van der Waals surface area contributed by atoms with Crippen LogP contribution in [0.25, 0.3) is 11.1 Å². The van der Waals surface area contributed by atoms with Gasteiger partial charge in [0.2, 0.25) is 5.82 Å². The van der Waals surface area contributed by atoms with E-state index in [9.17, 15) is 9.59 Å². The number of H-pyrrole nitrogens is 1. The van der Waals surface area contributed by atoms with Crippen LogP contribution in [-0.2, 0) is 4.79 Å². The first-order chi connectivity index (χ1) is 15.1. The molecule has 2 aromatic heterocycles. The predicted molar refractivity (Wildman–Crippen MR) is 107 cm³/mol. The van der Waals surface area contributed by atoms with Crippen molar-refractivity contribution in [3.8, 4) is 17.5 Å². The quantitative estimate of drug-likeness (QED) is 0.511. The minimum Gasteiger partial charge on any atom is -0.489 e. The molecule has 3 heterocycles. The van der Waals surface area contributed by atoms with E-state index in [0.717, 1.165) is 0 Å². The largest absolute Gasteiger partial charge is 0.489 e. The molecule has 2 aromatic carbocycles. The van der Waals surface area contributed by atoms with Crippen LogP contribution in [0.3, 0.4) is 0 Å². The number of ether oxygens (including phenoxy) is 2. The molecule has 0 aliphatic carbocycles. The van der Waals surface area contributed by atoms with Crippen molar-refractivity contribution in [2.45, 2.75) is 6.04 Å². The van der Waals surface area contributed by atoms with Crippen LogP contribution in [0.5, 0.6) is 17.5 Å². The highest BCUT2D eigenvalue weighted by Gasteiger charge is 2.32. The van der Waals surface area contributed by atoms with Gasteiger partial charge in [-0.2, -0.15) is 0 Å². The van der Waals surface area contributed by atoms with Gasteiger partial charge in [0, 0.05) is 19.2 Å². The van der Waals surface area contributed by atoms with Gasteiger partial charge in [0.05, 0.1) is 5.69 Å². The van der Waals surface area contributed by atoms with Crippen LogP contribution in [0.1, 0.15) is 10.6 Å². The molecule has 31 heavy (non-hydrogen) atoms. The fourth-order valence-corrected chi connectivity index (χ4v) is 3.17. The van der Waals surface area contributed by atoms with Gasteiger partial charge >= 0.3 is 6.01 Å². The van der Waals surface area contributed by atoms with Crippen LogP contribution in [0, 0.1) is 0 Å². The van der Waals surface area contributed by atoms with E-state index in [1.54, 1.807) is 43.4 Å². The number of oxazole rings is 1. The number of aromatic amines is 1. The minimum atomic E-state index is -0.937. The lowest BCUT2D eigenvalue weighted by molar-refractivity contribution is -0.120. The summed E-state index contributed by atoms with van der Waals surface area (Å²) >= 11 is 0. The van der Waals surface area contributed by atoms with Crippen LogP contribution in [0.15, 0.2) is 53.3 Å². The van der Waals surface area contributed by atoms with Gasteiger partial charge in [-0.15, -0.1) is 5.10 Å². The number of aromatic nitrogens is 4. The van der Waals surface area contributed by atoms with Crippen molar-refractivity contribution in [2.75, 3.05) is 18.6 Å². The summed E-state index contributed by atoms with van der Waals surface area (Å²) in [5.74, 6) is -0.0620. The van der Waals surface area contributed by atoms with E-state index >= 15 is 0 Å². The average molecular weight is 420 g/mol. The number of fused-ring (bicyclic) bond motifs is 2. The highest BCUT2D eigenvalue weighted by molar-refractivity contribution is 6.03. The van der Waals surface area contributed by atoms with Crippen molar-refractivity contribution in [1.82, 2.24) is 25.5 Å². The second kappa shape index (κ2) is 7.44. The zero-order chi connectivity index (χ0) is 21.4. The Morgan fingerprint density at radius 1 is 1.26 bits per heavy atom. The molecule has 5 rings (SSSR count). The lowest BCUT2D eigenvalue weighted by Crippen LogP contribution is -2.49. The molecule has 2 amide bonds. The molecule has 11 nitrogen and oxygen atoms in total. The molecule has 1 aliphatic rings. The molecule has 11 heteroatoms. The highest BCUT2D eigenvalue weighted by Crippen LogP contribution is 2.34. The number of para-hydroxylation sites is 1. The Bertz CT molecular complexity index is 1270. The molecule has 1 aliphatic heterocycles. The van der Waals surface area contributed by atoms with Gasteiger partial charge in [0.15, 0.2) is 12.0 Å². The van der Waals surface area contributed by atoms with Crippen molar-refractivity contribution in [3.05, 3.63) is 54.7 Å². The van der Waals surface area contributed by atoms with Crippen molar-refractivity contribution in [1.29, 1.82) is 0 Å². The van der Waals surface area contributed by atoms with Crippen LogP contribution in [-0.4, -0.2) is 51.7 Å². The Kier molecular flexibility index (Phi) is 4.47. The Morgan fingerprint density at radius 3 is 2.94 bits per heavy atom. The summed E-state index contributed by atoms with van der Waals surface area (Å²) in [7, 11) is 1.59. The molecule has 0 fully saturated rings. The van der Waals surface area contributed by atoms with Crippen LogP contribution >= 0.6 is 0 Å². The smallest absolute Gasteiger partial charge is 0.320 e. The van der Waals surface area contributed by atoms with E-state index in [-0.39, 0.29) is 24.3 Å². The fourth-order valence-electron chi connectivity index (χ4n) is 3.17. The number of amides is 2. The van der Waals surface area contributed by atoms with Crippen molar-refractivity contribution < 1.29 is 23.5 Å². The predicted octanol–water partition coefficient (Wildman–Crippen LogP) is 1.89. The number of anilines is 1. The van der Waals surface area contributed by atoms with Crippen molar-refractivity contribution >= 4 is 28.6 Å². The summed E-state index contributed by atoms with van der Waals surface area (Å²) in [5, 5.41) is 10.2. The molecule has 4 aromatic rings. The van der Waals surface area contributed by atoms with Crippen LogP contribution < -0.4 is 19.7 Å². The van der Waals surface area contributed by atoms with Crippen molar-refractivity contribution in [2.24, 2.45) is 0 Å². The van der Waals surface area contributed by atoms with E-state index < -0.39 is 11.9 Å². The maximum atomic E-state index is 12.9. The van der Waals surface area contributed by atoms with Crippen LogP contribution in [0.2, 0.25) is 0 Å². The second-order valence-corrected chi connectivity index (χ2v) is 6.77. The molecule has 0 unspecified atom stereocenters. The lowest BCUT2D eigenvalue weighted by atomic mass is 10.2. The summed E-state index contributed by atoms with van der Waals surface area (Å²) in [4.78, 5) is 33.7. The summed E-state index contributed by atoms with van der Waals surface area (Å²) in [5.41, 5.74) is 1.65. The zero-order valence-corrected chi connectivity index (χ0v) is 16.2. The highest BCUT2D eigenvalue weighted by atomic mass is 16.5. The Labute approximate surface area is 175 Å².